The monoisotopic (exact) mass is 456 g/mol. The Morgan fingerprint density at radius 3 is 2.64 bits per heavy atom. The molecule has 4 rings (SSSR count). The molecule has 1 N–H and O–H groups in total. The molecule has 0 saturated carbocycles. The van der Waals surface area contributed by atoms with Crippen LogP contribution in [0.2, 0.25) is 0 Å². The zero-order valence-corrected chi connectivity index (χ0v) is 19.8. The molecule has 0 aromatic heterocycles. The first-order chi connectivity index (χ1) is 16.0. The van der Waals surface area contributed by atoms with Gasteiger partial charge in [-0.1, -0.05) is 18.6 Å². The minimum absolute atomic E-state index is 0.0404. The molecule has 3 fully saturated rings. The van der Waals surface area contributed by atoms with Crippen LogP contribution in [-0.4, -0.2) is 78.4 Å². The second-order valence-electron chi connectivity index (χ2n) is 9.59. The molecule has 3 heterocycles. The molecular weight excluding hydrogens is 420 g/mol. The number of rotatable bonds is 8. The van der Waals surface area contributed by atoms with Crippen LogP contribution < -0.4 is 10.1 Å². The first kappa shape index (κ1) is 23.5. The molecular formula is C25H36N4O4. The van der Waals surface area contributed by atoms with Gasteiger partial charge in [-0.15, -0.1) is 0 Å². The van der Waals surface area contributed by atoms with Crippen LogP contribution in [0.15, 0.2) is 24.3 Å². The van der Waals surface area contributed by atoms with Crippen LogP contribution in [0.3, 0.4) is 0 Å². The van der Waals surface area contributed by atoms with Crippen molar-refractivity contribution in [2.75, 3.05) is 33.8 Å². The summed E-state index contributed by atoms with van der Waals surface area (Å²) in [4.78, 5) is 43.6. The highest BCUT2D eigenvalue weighted by Crippen LogP contribution is 2.31. The summed E-state index contributed by atoms with van der Waals surface area (Å²) in [5, 5.41) is 2.74. The number of fused-ring (bicyclic) bond motifs is 1. The Labute approximate surface area is 196 Å². The highest BCUT2D eigenvalue weighted by molar-refractivity contribution is 6.04. The number of methoxy groups -OCH3 is 1. The SMILES string of the molecule is COc1ccc(CN2C(=O)N[C@H](CCC(=O)N(C)C[C@@H]3CCCN4CCCC[C@@H]34)C2=O)cc1. The van der Waals surface area contributed by atoms with E-state index in [0.717, 1.165) is 17.9 Å². The molecule has 0 bridgehead atoms. The summed E-state index contributed by atoms with van der Waals surface area (Å²) in [5.74, 6) is 1.02. The fraction of sp³-hybridized carbons (Fsp3) is 0.640. The fourth-order valence-corrected chi connectivity index (χ4v) is 5.54. The molecule has 180 valence electrons. The van der Waals surface area contributed by atoms with E-state index in [1.807, 2.05) is 24.1 Å². The maximum Gasteiger partial charge on any atom is 0.325 e. The van der Waals surface area contributed by atoms with E-state index >= 15 is 0 Å². The quantitative estimate of drug-likeness (QED) is 0.608. The highest BCUT2D eigenvalue weighted by atomic mass is 16.5. The minimum atomic E-state index is -0.642. The molecule has 3 aliphatic rings. The lowest BCUT2D eigenvalue weighted by molar-refractivity contribution is -0.132. The third-order valence-corrected chi connectivity index (χ3v) is 7.42. The smallest absolute Gasteiger partial charge is 0.325 e. The lowest BCUT2D eigenvalue weighted by atomic mass is 9.83. The topological polar surface area (TPSA) is 82.2 Å². The van der Waals surface area contributed by atoms with Gasteiger partial charge in [0.2, 0.25) is 5.91 Å². The number of piperidine rings is 2. The molecule has 0 radical (unpaired) electrons. The standard InChI is InChI=1S/C25H36N4O4/c1-27(17-19-6-5-15-28-14-4-3-7-22(19)28)23(30)13-12-21-24(31)29(25(32)26-21)16-18-8-10-20(33-2)11-9-18/h8-11,19,21-22H,3-7,12-17H2,1-2H3,(H,26,32)/t19-,21+,22-/m0/s1. The fourth-order valence-electron chi connectivity index (χ4n) is 5.54. The van der Waals surface area contributed by atoms with E-state index in [1.54, 1.807) is 19.2 Å². The maximum absolute atomic E-state index is 12.8. The molecule has 1 aromatic carbocycles. The summed E-state index contributed by atoms with van der Waals surface area (Å²) in [6.07, 6.45) is 6.77. The molecule has 3 aliphatic heterocycles. The largest absolute Gasteiger partial charge is 0.497 e. The van der Waals surface area contributed by atoms with E-state index < -0.39 is 12.1 Å². The molecule has 0 unspecified atom stereocenters. The van der Waals surface area contributed by atoms with E-state index in [0.29, 0.717) is 18.4 Å². The second kappa shape index (κ2) is 10.5. The zero-order valence-electron chi connectivity index (χ0n) is 19.8. The number of amides is 4. The number of hydrogen-bond donors (Lipinski definition) is 1. The summed E-state index contributed by atoms with van der Waals surface area (Å²) in [6.45, 7) is 3.36. The minimum Gasteiger partial charge on any atom is -0.497 e. The Kier molecular flexibility index (Phi) is 7.53. The maximum atomic E-state index is 12.8. The molecule has 3 atom stereocenters. The Balaban J connectivity index is 1.26. The predicted molar refractivity (Wildman–Crippen MR) is 125 cm³/mol. The average Bonchev–Trinajstić information content (AvgIpc) is 3.10. The van der Waals surface area contributed by atoms with Gasteiger partial charge in [0.15, 0.2) is 0 Å². The molecule has 3 saturated heterocycles. The average molecular weight is 457 g/mol. The van der Waals surface area contributed by atoms with Gasteiger partial charge in [0.05, 0.1) is 13.7 Å². The zero-order chi connectivity index (χ0) is 23.4. The van der Waals surface area contributed by atoms with Crippen molar-refractivity contribution in [2.45, 2.75) is 63.6 Å². The van der Waals surface area contributed by atoms with Gasteiger partial charge < -0.3 is 19.9 Å². The van der Waals surface area contributed by atoms with E-state index in [1.165, 1.54) is 50.1 Å². The van der Waals surface area contributed by atoms with Crippen molar-refractivity contribution in [3.63, 3.8) is 0 Å². The first-order valence-electron chi connectivity index (χ1n) is 12.2. The molecule has 0 spiro atoms. The lowest BCUT2D eigenvalue weighted by Gasteiger charge is -2.45. The van der Waals surface area contributed by atoms with Gasteiger partial charge >= 0.3 is 6.03 Å². The molecule has 8 heteroatoms. The Bertz CT molecular complexity index is 856. The molecule has 33 heavy (non-hydrogen) atoms. The normalized spacial score (nSPS) is 25.5. The molecule has 1 aromatic rings. The van der Waals surface area contributed by atoms with Crippen molar-refractivity contribution >= 4 is 17.8 Å². The summed E-state index contributed by atoms with van der Waals surface area (Å²) < 4.78 is 5.15. The third kappa shape index (κ3) is 5.49. The van der Waals surface area contributed by atoms with Gasteiger partial charge in [0.25, 0.3) is 5.91 Å². The van der Waals surface area contributed by atoms with E-state index in [2.05, 4.69) is 10.2 Å². The summed E-state index contributed by atoms with van der Waals surface area (Å²) in [6, 6.07) is 6.84. The van der Waals surface area contributed by atoms with Crippen LogP contribution in [0.4, 0.5) is 4.79 Å². The van der Waals surface area contributed by atoms with Crippen LogP contribution in [-0.2, 0) is 16.1 Å². The van der Waals surface area contributed by atoms with Crippen molar-refractivity contribution < 1.29 is 19.1 Å². The van der Waals surface area contributed by atoms with Crippen molar-refractivity contribution in [2.24, 2.45) is 5.92 Å². The van der Waals surface area contributed by atoms with Crippen LogP contribution in [0.25, 0.3) is 0 Å². The van der Waals surface area contributed by atoms with Crippen LogP contribution in [0.1, 0.15) is 50.5 Å². The van der Waals surface area contributed by atoms with Gasteiger partial charge in [-0.3, -0.25) is 14.5 Å². The van der Waals surface area contributed by atoms with Gasteiger partial charge in [0.1, 0.15) is 11.8 Å². The lowest BCUT2D eigenvalue weighted by Crippen LogP contribution is -2.51. The first-order valence-corrected chi connectivity index (χ1v) is 12.2. The highest BCUT2D eigenvalue weighted by Gasteiger charge is 2.38. The number of carbonyl (C=O) groups is 3. The summed E-state index contributed by atoms with van der Waals surface area (Å²) in [5.41, 5.74) is 0.847. The second-order valence-corrected chi connectivity index (χ2v) is 9.59. The van der Waals surface area contributed by atoms with Crippen molar-refractivity contribution in [1.82, 2.24) is 20.0 Å². The van der Waals surface area contributed by atoms with Crippen molar-refractivity contribution in [3.05, 3.63) is 29.8 Å². The van der Waals surface area contributed by atoms with Crippen molar-refractivity contribution in [3.8, 4) is 5.75 Å². The Hall–Kier alpha value is -2.61. The van der Waals surface area contributed by atoms with E-state index in [4.69, 9.17) is 4.74 Å². The molecule has 4 amide bonds. The van der Waals surface area contributed by atoms with Gasteiger partial charge in [-0.05, 0) is 68.8 Å². The summed E-state index contributed by atoms with van der Waals surface area (Å²) >= 11 is 0. The predicted octanol–water partition coefficient (Wildman–Crippen LogP) is 2.62. The van der Waals surface area contributed by atoms with E-state index in [9.17, 15) is 14.4 Å². The van der Waals surface area contributed by atoms with Gasteiger partial charge in [0, 0.05) is 26.1 Å². The van der Waals surface area contributed by atoms with Gasteiger partial charge in [-0.25, -0.2) is 4.79 Å². The van der Waals surface area contributed by atoms with Crippen LogP contribution in [0.5, 0.6) is 5.75 Å². The van der Waals surface area contributed by atoms with Crippen LogP contribution >= 0.6 is 0 Å². The number of nitrogens with one attached hydrogen (secondary N) is 1. The van der Waals surface area contributed by atoms with E-state index in [-0.39, 0.29) is 24.8 Å². The molecule has 0 aliphatic carbocycles. The summed E-state index contributed by atoms with van der Waals surface area (Å²) in [7, 11) is 3.46. The number of urea groups is 1. The number of ether oxygens (including phenoxy) is 1. The molecule has 8 nitrogen and oxygen atoms in total. The van der Waals surface area contributed by atoms with Gasteiger partial charge in [-0.2, -0.15) is 0 Å². The Morgan fingerprint density at radius 2 is 1.88 bits per heavy atom. The number of hydrogen-bond acceptors (Lipinski definition) is 5. The third-order valence-electron chi connectivity index (χ3n) is 7.42. The van der Waals surface area contributed by atoms with Crippen LogP contribution in [0, 0.1) is 5.92 Å². The number of imide groups is 1. The number of benzene rings is 1. The number of carbonyl (C=O) groups excluding carboxylic acids is 3. The van der Waals surface area contributed by atoms with Crippen molar-refractivity contribution in [1.29, 1.82) is 0 Å². The Morgan fingerprint density at radius 1 is 1.12 bits per heavy atom. The number of nitrogens with zero attached hydrogens (tertiary/aromatic N) is 3.